The molecule has 37 heavy (non-hydrogen) atoms. The van der Waals surface area contributed by atoms with E-state index >= 15 is 0 Å². The Bertz CT molecular complexity index is 1430. The summed E-state index contributed by atoms with van der Waals surface area (Å²) in [5.41, 5.74) is 10.2. The van der Waals surface area contributed by atoms with Crippen LogP contribution < -0.4 is 15.2 Å². The van der Waals surface area contributed by atoms with E-state index in [4.69, 9.17) is 10.5 Å². The summed E-state index contributed by atoms with van der Waals surface area (Å²) in [4.78, 5) is 27.0. The van der Waals surface area contributed by atoms with Crippen LogP contribution in [0.15, 0.2) is 54.7 Å². The van der Waals surface area contributed by atoms with Crippen LogP contribution in [0.5, 0.6) is 11.5 Å². The van der Waals surface area contributed by atoms with E-state index in [1.807, 2.05) is 12.1 Å². The van der Waals surface area contributed by atoms with E-state index in [1.165, 1.54) is 12.1 Å². The number of halogens is 3. The molecule has 2 aromatic heterocycles. The number of pyridine rings is 1. The molecule has 4 aromatic rings. The van der Waals surface area contributed by atoms with Crippen LogP contribution in [0.2, 0.25) is 0 Å². The number of ether oxygens (including phenoxy) is 2. The predicted molar refractivity (Wildman–Crippen MR) is 131 cm³/mol. The number of H-pyrrole nitrogens is 1. The van der Waals surface area contributed by atoms with Gasteiger partial charge in [0.2, 0.25) is 0 Å². The molecular weight excluding hydrogens is 487 g/mol. The van der Waals surface area contributed by atoms with Gasteiger partial charge in [-0.15, -0.1) is 13.2 Å². The average Bonchev–Trinajstić information content (AvgIpc) is 3.32. The molecule has 5 rings (SSSR count). The molecule has 0 aliphatic carbocycles. The molecule has 0 saturated carbocycles. The monoisotopic (exact) mass is 511 g/mol. The van der Waals surface area contributed by atoms with Crippen molar-refractivity contribution < 1.29 is 27.4 Å². The van der Waals surface area contributed by atoms with E-state index in [-0.39, 0.29) is 17.6 Å². The third-order valence-electron chi connectivity index (χ3n) is 6.48. The first-order valence-electron chi connectivity index (χ1n) is 11.7. The van der Waals surface area contributed by atoms with Crippen molar-refractivity contribution in [2.24, 2.45) is 0 Å². The smallest absolute Gasteiger partial charge is 0.495 e. The minimum absolute atomic E-state index is 0.186. The summed E-state index contributed by atoms with van der Waals surface area (Å²) in [5, 5.41) is 0. The number of alkyl halides is 3. The highest BCUT2D eigenvalue weighted by atomic mass is 19.4. The zero-order chi connectivity index (χ0) is 26.2. The molecule has 0 atom stereocenters. The second-order valence-corrected chi connectivity index (χ2v) is 8.78. The lowest BCUT2D eigenvalue weighted by Crippen LogP contribution is -2.38. The van der Waals surface area contributed by atoms with Gasteiger partial charge in [-0.05, 0) is 72.9 Å². The molecule has 8 nitrogen and oxygen atoms in total. The Balaban J connectivity index is 1.29. The van der Waals surface area contributed by atoms with Gasteiger partial charge >= 0.3 is 6.36 Å². The molecule has 3 N–H and O–H groups in total. The van der Waals surface area contributed by atoms with Gasteiger partial charge in [0.25, 0.3) is 5.91 Å². The van der Waals surface area contributed by atoms with Crippen LogP contribution in [0.3, 0.4) is 0 Å². The molecule has 0 radical (unpaired) electrons. The number of hydrogen-bond acceptors (Lipinski definition) is 6. The highest BCUT2D eigenvalue weighted by Crippen LogP contribution is 2.34. The first-order valence-corrected chi connectivity index (χ1v) is 11.7. The zero-order valence-electron chi connectivity index (χ0n) is 19.9. The summed E-state index contributed by atoms with van der Waals surface area (Å²) >= 11 is 0. The Hall–Kier alpha value is -4.28. The quantitative estimate of drug-likeness (QED) is 0.360. The second-order valence-electron chi connectivity index (χ2n) is 8.78. The maximum Gasteiger partial charge on any atom is 0.573 e. The number of methoxy groups -OCH3 is 1. The second kappa shape index (κ2) is 9.64. The molecule has 1 aliphatic heterocycles. The number of carbonyl (C=O) groups is 1. The maximum absolute atomic E-state index is 12.9. The number of imidazole rings is 1. The minimum Gasteiger partial charge on any atom is -0.495 e. The zero-order valence-corrected chi connectivity index (χ0v) is 19.9. The Morgan fingerprint density at radius 3 is 2.49 bits per heavy atom. The molecular formula is C26H24F3N5O3. The van der Waals surface area contributed by atoms with E-state index in [2.05, 4.69) is 19.7 Å². The summed E-state index contributed by atoms with van der Waals surface area (Å²) < 4.78 is 46.2. The van der Waals surface area contributed by atoms with E-state index in [0.29, 0.717) is 41.6 Å². The third-order valence-corrected chi connectivity index (χ3v) is 6.48. The number of benzene rings is 2. The van der Waals surface area contributed by atoms with E-state index in [9.17, 15) is 18.0 Å². The van der Waals surface area contributed by atoms with Gasteiger partial charge in [0, 0.05) is 30.4 Å². The topological polar surface area (TPSA) is 106 Å². The number of anilines is 1. The Labute approximate surface area is 210 Å². The summed E-state index contributed by atoms with van der Waals surface area (Å²) in [6, 6.07) is 12.4. The number of amides is 1. The highest BCUT2D eigenvalue weighted by molar-refractivity contribution is 5.94. The van der Waals surface area contributed by atoms with E-state index in [1.54, 1.807) is 30.3 Å². The largest absolute Gasteiger partial charge is 0.573 e. The number of aromatic nitrogens is 3. The van der Waals surface area contributed by atoms with Crippen LogP contribution in [-0.4, -0.2) is 52.3 Å². The van der Waals surface area contributed by atoms with Crippen molar-refractivity contribution in [3.05, 3.63) is 65.9 Å². The first-order chi connectivity index (χ1) is 17.7. The van der Waals surface area contributed by atoms with Crippen LogP contribution in [-0.2, 0) is 0 Å². The standard InChI is InChI=1S/C26H24F3N5O3/c1-36-21-7-4-17(14-20(21)30)23-32-22-19(8-11-31-24(22)33-23)15-9-12-34(13-10-15)25(35)16-2-5-18(6-3-16)37-26(27,28)29/h2-8,11,14-15H,9-10,12-13,30H2,1H3,(H,31,32,33). The normalized spacial score (nSPS) is 14.6. The number of aromatic amines is 1. The van der Waals surface area contributed by atoms with Gasteiger partial charge in [0.1, 0.15) is 17.3 Å². The molecule has 192 valence electrons. The lowest BCUT2D eigenvalue weighted by molar-refractivity contribution is -0.274. The molecule has 1 aliphatic rings. The van der Waals surface area contributed by atoms with Crippen molar-refractivity contribution in [1.82, 2.24) is 19.9 Å². The predicted octanol–water partition coefficient (Wildman–Crippen LogP) is 5.13. The molecule has 1 fully saturated rings. The molecule has 0 bridgehead atoms. The fourth-order valence-electron chi connectivity index (χ4n) is 4.66. The summed E-state index contributed by atoms with van der Waals surface area (Å²) in [6.45, 7) is 1.04. The van der Waals surface area contributed by atoms with Crippen molar-refractivity contribution in [2.45, 2.75) is 25.1 Å². The molecule has 3 heterocycles. The molecule has 1 saturated heterocycles. The number of nitrogens with zero attached hydrogens (tertiary/aromatic N) is 3. The molecule has 2 aromatic carbocycles. The number of piperidine rings is 1. The van der Waals surface area contributed by atoms with Crippen molar-refractivity contribution in [2.75, 3.05) is 25.9 Å². The van der Waals surface area contributed by atoms with Gasteiger partial charge in [-0.3, -0.25) is 4.79 Å². The van der Waals surface area contributed by atoms with Crippen LogP contribution in [0.4, 0.5) is 18.9 Å². The minimum atomic E-state index is -4.77. The fourth-order valence-corrected chi connectivity index (χ4v) is 4.66. The van der Waals surface area contributed by atoms with Gasteiger partial charge in [-0.25, -0.2) is 9.97 Å². The van der Waals surface area contributed by atoms with Gasteiger partial charge in [0.15, 0.2) is 5.65 Å². The van der Waals surface area contributed by atoms with Gasteiger partial charge in [-0.2, -0.15) is 0 Å². The first kappa shape index (κ1) is 24.4. The molecule has 0 spiro atoms. The number of rotatable bonds is 5. The maximum atomic E-state index is 12.9. The fraction of sp³-hybridized carbons (Fsp3) is 0.269. The van der Waals surface area contributed by atoms with Gasteiger partial charge in [0.05, 0.1) is 18.3 Å². The Morgan fingerprint density at radius 2 is 1.84 bits per heavy atom. The summed E-state index contributed by atoms with van der Waals surface area (Å²) in [7, 11) is 1.56. The van der Waals surface area contributed by atoms with Crippen LogP contribution in [0, 0.1) is 0 Å². The molecule has 1 amide bonds. The number of likely N-dealkylation sites (tertiary alicyclic amines) is 1. The van der Waals surface area contributed by atoms with Crippen molar-refractivity contribution in [1.29, 1.82) is 0 Å². The van der Waals surface area contributed by atoms with E-state index < -0.39 is 6.36 Å². The number of nitrogens with two attached hydrogens (primary N) is 1. The average molecular weight is 512 g/mol. The number of hydrogen-bond donors (Lipinski definition) is 2. The van der Waals surface area contributed by atoms with Crippen molar-refractivity contribution >= 4 is 22.8 Å². The van der Waals surface area contributed by atoms with Gasteiger partial charge < -0.3 is 25.1 Å². The third kappa shape index (κ3) is 5.16. The van der Waals surface area contributed by atoms with Crippen molar-refractivity contribution in [3.8, 4) is 22.9 Å². The Kier molecular flexibility index (Phi) is 6.36. The number of carbonyl (C=O) groups excluding carboxylic acids is 1. The molecule has 0 unspecified atom stereocenters. The number of nitrogens with one attached hydrogen (secondary N) is 1. The SMILES string of the molecule is COc1ccc(-c2nc3nccc(C4CCN(C(=O)c5ccc(OC(F)(F)F)cc5)CC4)c3[nH]2)cc1N. The number of fused-ring (bicyclic) bond motifs is 1. The lowest BCUT2D eigenvalue weighted by Gasteiger charge is -2.32. The molecule has 11 heteroatoms. The van der Waals surface area contributed by atoms with E-state index in [0.717, 1.165) is 41.6 Å². The Morgan fingerprint density at radius 1 is 1.11 bits per heavy atom. The summed E-state index contributed by atoms with van der Waals surface area (Å²) in [6.07, 6.45) is -1.59. The number of nitrogen functional groups attached to an aromatic ring is 1. The highest BCUT2D eigenvalue weighted by Gasteiger charge is 2.31. The van der Waals surface area contributed by atoms with Crippen LogP contribution in [0.25, 0.3) is 22.6 Å². The van der Waals surface area contributed by atoms with Crippen LogP contribution >= 0.6 is 0 Å². The van der Waals surface area contributed by atoms with Gasteiger partial charge in [-0.1, -0.05) is 0 Å². The summed E-state index contributed by atoms with van der Waals surface area (Å²) in [5.74, 6) is 0.838. The lowest BCUT2D eigenvalue weighted by atomic mass is 9.89. The van der Waals surface area contributed by atoms with Crippen molar-refractivity contribution in [3.63, 3.8) is 0 Å². The van der Waals surface area contributed by atoms with Crippen LogP contribution in [0.1, 0.15) is 34.7 Å².